The number of nitriles is 1. The van der Waals surface area contributed by atoms with Crippen LogP contribution in [0.25, 0.3) is 10.8 Å². The number of nitrogens with zero attached hydrogens (tertiary/aromatic N) is 2. The zero-order valence-corrected chi connectivity index (χ0v) is 10.4. The van der Waals surface area contributed by atoms with Crippen LogP contribution in [0.15, 0.2) is 36.4 Å². The number of rotatable bonds is 1. The van der Waals surface area contributed by atoms with E-state index >= 15 is 0 Å². The molecular formula is C16H16N2. The van der Waals surface area contributed by atoms with E-state index < -0.39 is 0 Å². The number of benzene rings is 2. The van der Waals surface area contributed by atoms with Crippen LogP contribution >= 0.6 is 0 Å². The van der Waals surface area contributed by atoms with E-state index in [1.54, 1.807) is 0 Å². The molecule has 0 atom stereocenters. The lowest BCUT2D eigenvalue weighted by Crippen LogP contribution is -2.29. The van der Waals surface area contributed by atoms with Crippen molar-refractivity contribution in [2.75, 3.05) is 18.0 Å². The molecule has 0 unspecified atom stereocenters. The van der Waals surface area contributed by atoms with Crippen LogP contribution in [0, 0.1) is 11.3 Å². The molecule has 3 rings (SSSR count). The molecule has 2 nitrogen and oxygen atoms in total. The van der Waals surface area contributed by atoms with Gasteiger partial charge in [0.15, 0.2) is 0 Å². The summed E-state index contributed by atoms with van der Waals surface area (Å²) in [5, 5.41) is 11.5. The van der Waals surface area contributed by atoms with E-state index in [4.69, 9.17) is 0 Å². The third kappa shape index (κ3) is 1.82. The third-order valence-electron chi connectivity index (χ3n) is 3.72. The average Bonchev–Trinajstić information content (AvgIpc) is 2.47. The van der Waals surface area contributed by atoms with Crippen molar-refractivity contribution in [1.82, 2.24) is 0 Å². The molecule has 1 aliphatic rings. The van der Waals surface area contributed by atoms with E-state index in [-0.39, 0.29) is 0 Å². The Morgan fingerprint density at radius 3 is 2.39 bits per heavy atom. The highest BCUT2D eigenvalue weighted by molar-refractivity contribution is 5.97. The summed E-state index contributed by atoms with van der Waals surface area (Å²) >= 11 is 0. The van der Waals surface area contributed by atoms with E-state index in [0.29, 0.717) is 0 Å². The van der Waals surface area contributed by atoms with Gasteiger partial charge in [-0.3, -0.25) is 0 Å². The first-order chi connectivity index (χ1) is 8.90. The van der Waals surface area contributed by atoms with Crippen molar-refractivity contribution in [1.29, 1.82) is 5.26 Å². The van der Waals surface area contributed by atoms with Crippen molar-refractivity contribution in [3.8, 4) is 6.07 Å². The molecule has 0 radical (unpaired) electrons. The molecule has 0 aliphatic carbocycles. The van der Waals surface area contributed by atoms with Gasteiger partial charge in [-0.05, 0) is 31.4 Å². The van der Waals surface area contributed by atoms with Crippen molar-refractivity contribution in [2.45, 2.75) is 19.3 Å². The molecule has 1 heterocycles. The smallest absolute Gasteiger partial charge is 0.0998 e. The molecule has 2 aromatic rings. The predicted octanol–water partition coefficient (Wildman–Crippen LogP) is 3.70. The van der Waals surface area contributed by atoms with Crippen LogP contribution < -0.4 is 4.90 Å². The number of anilines is 1. The number of hydrogen-bond acceptors (Lipinski definition) is 2. The first-order valence-electron chi connectivity index (χ1n) is 6.57. The lowest BCUT2D eigenvalue weighted by atomic mass is 10.0. The van der Waals surface area contributed by atoms with Crippen LogP contribution in [-0.2, 0) is 0 Å². The molecule has 0 aromatic heterocycles. The maximum atomic E-state index is 9.17. The topological polar surface area (TPSA) is 27.0 Å². The first kappa shape index (κ1) is 11.1. The second kappa shape index (κ2) is 4.70. The molecule has 0 spiro atoms. The van der Waals surface area contributed by atoms with Crippen LogP contribution in [0.5, 0.6) is 0 Å². The minimum Gasteiger partial charge on any atom is -0.371 e. The van der Waals surface area contributed by atoms with Gasteiger partial charge in [-0.15, -0.1) is 0 Å². The largest absolute Gasteiger partial charge is 0.371 e. The Bertz CT molecular complexity index is 604. The lowest BCUT2D eigenvalue weighted by molar-refractivity contribution is 0.579. The molecule has 18 heavy (non-hydrogen) atoms. The van der Waals surface area contributed by atoms with E-state index in [1.165, 1.54) is 30.3 Å². The highest BCUT2D eigenvalue weighted by Gasteiger charge is 2.13. The molecule has 2 heteroatoms. The minimum absolute atomic E-state index is 0.770. The first-order valence-corrected chi connectivity index (χ1v) is 6.57. The van der Waals surface area contributed by atoms with E-state index in [0.717, 1.165) is 24.0 Å². The Labute approximate surface area is 107 Å². The molecular weight excluding hydrogens is 220 g/mol. The lowest BCUT2D eigenvalue weighted by Gasteiger charge is -2.30. The van der Waals surface area contributed by atoms with Crippen molar-refractivity contribution in [3.63, 3.8) is 0 Å². The van der Waals surface area contributed by atoms with Gasteiger partial charge in [0.1, 0.15) is 0 Å². The Balaban J connectivity index is 2.15. The summed E-state index contributed by atoms with van der Waals surface area (Å²) in [6, 6.07) is 14.6. The fourth-order valence-corrected chi connectivity index (χ4v) is 2.80. The van der Waals surface area contributed by atoms with Gasteiger partial charge in [-0.2, -0.15) is 5.26 Å². The third-order valence-corrected chi connectivity index (χ3v) is 3.72. The molecule has 2 aromatic carbocycles. The van der Waals surface area contributed by atoms with Crippen molar-refractivity contribution in [2.24, 2.45) is 0 Å². The summed E-state index contributed by atoms with van der Waals surface area (Å²) in [4.78, 5) is 2.45. The average molecular weight is 236 g/mol. The molecule has 0 saturated carbocycles. The Morgan fingerprint density at radius 1 is 0.889 bits per heavy atom. The second-order valence-corrected chi connectivity index (χ2v) is 4.84. The highest BCUT2D eigenvalue weighted by atomic mass is 15.1. The van der Waals surface area contributed by atoms with Crippen LogP contribution in [0.2, 0.25) is 0 Å². The van der Waals surface area contributed by atoms with Gasteiger partial charge in [0.05, 0.1) is 11.6 Å². The van der Waals surface area contributed by atoms with Crippen molar-refractivity contribution < 1.29 is 0 Å². The van der Waals surface area contributed by atoms with Gasteiger partial charge in [-0.25, -0.2) is 0 Å². The normalized spacial score (nSPS) is 15.6. The summed E-state index contributed by atoms with van der Waals surface area (Å²) in [5.41, 5.74) is 2.05. The molecule has 1 aliphatic heterocycles. The summed E-state index contributed by atoms with van der Waals surface area (Å²) in [5.74, 6) is 0. The summed E-state index contributed by atoms with van der Waals surface area (Å²) in [6.45, 7) is 2.27. The van der Waals surface area contributed by atoms with Crippen molar-refractivity contribution >= 4 is 16.5 Å². The fraction of sp³-hybridized carbons (Fsp3) is 0.312. The second-order valence-electron chi connectivity index (χ2n) is 4.84. The predicted molar refractivity (Wildman–Crippen MR) is 74.7 cm³/mol. The standard InChI is InChI=1S/C16H16N2/c17-12-13-6-4-8-15-14(13)7-5-9-16(15)18-10-2-1-3-11-18/h4-9H,1-3,10-11H2. The fourth-order valence-electron chi connectivity index (χ4n) is 2.80. The molecule has 0 amide bonds. The summed E-state index contributed by atoms with van der Waals surface area (Å²) in [6.07, 6.45) is 3.88. The SMILES string of the molecule is N#Cc1cccc2c(N3CCCCC3)cccc12. The van der Waals surface area contributed by atoms with Crippen molar-refractivity contribution in [3.05, 3.63) is 42.0 Å². The minimum atomic E-state index is 0.770. The Hall–Kier alpha value is -2.01. The van der Waals surface area contributed by atoms with E-state index in [2.05, 4.69) is 29.2 Å². The van der Waals surface area contributed by atoms with Crippen LogP contribution in [0.1, 0.15) is 24.8 Å². The maximum absolute atomic E-state index is 9.17. The zero-order chi connectivity index (χ0) is 12.4. The molecule has 0 N–H and O–H groups in total. The number of hydrogen-bond donors (Lipinski definition) is 0. The Kier molecular flexibility index (Phi) is 2.90. The van der Waals surface area contributed by atoms with Crippen LogP contribution in [0.3, 0.4) is 0 Å². The number of piperidine rings is 1. The van der Waals surface area contributed by atoms with Gasteiger partial charge in [0.25, 0.3) is 0 Å². The maximum Gasteiger partial charge on any atom is 0.0998 e. The molecule has 0 bridgehead atoms. The van der Waals surface area contributed by atoms with E-state index in [1.807, 2.05) is 18.2 Å². The van der Waals surface area contributed by atoms with Gasteiger partial charge in [0.2, 0.25) is 0 Å². The monoisotopic (exact) mass is 236 g/mol. The zero-order valence-electron chi connectivity index (χ0n) is 10.4. The van der Waals surface area contributed by atoms with Gasteiger partial charge >= 0.3 is 0 Å². The summed E-state index contributed by atoms with van der Waals surface area (Å²) in [7, 11) is 0. The van der Waals surface area contributed by atoms with Crippen LogP contribution in [-0.4, -0.2) is 13.1 Å². The summed E-state index contributed by atoms with van der Waals surface area (Å²) < 4.78 is 0. The highest BCUT2D eigenvalue weighted by Crippen LogP contribution is 2.30. The molecule has 1 saturated heterocycles. The van der Waals surface area contributed by atoms with Gasteiger partial charge in [0, 0.05) is 29.5 Å². The number of fused-ring (bicyclic) bond motifs is 1. The quantitative estimate of drug-likeness (QED) is 0.754. The van der Waals surface area contributed by atoms with Gasteiger partial charge < -0.3 is 4.90 Å². The Morgan fingerprint density at radius 2 is 1.61 bits per heavy atom. The molecule has 90 valence electrons. The van der Waals surface area contributed by atoms with E-state index in [9.17, 15) is 5.26 Å². The molecule has 1 fully saturated rings. The van der Waals surface area contributed by atoms with Gasteiger partial charge in [-0.1, -0.05) is 24.3 Å². The van der Waals surface area contributed by atoms with Crippen LogP contribution in [0.4, 0.5) is 5.69 Å².